The third-order valence-corrected chi connectivity index (χ3v) is 3.51. The summed E-state index contributed by atoms with van der Waals surface area (Å²) in [5.41, 5.74) is 2.20. The normalized spacial score (nSPS) is 11.1. The molecule has 0 amide bonds. The third-order valence-electron chi connectivity index (χ3n) is 2.48. The molecule has 0 atom stereocenters. The van der Waals surface area contributed by atoms with E-state index < -0.39 is 0 Å². The van der Waals surface area contributed by atoms with E-state index >= 15 is 0 Å². The van der Waals surface area contributed by atoms with Crippen molar-refractivity contribution in [3.05, 3.63) is 29.0 Å². The molecule has 0 radical (unpaired) electrons. The molecule has 0 unspecified atom stereocenters. The second-order valence-electron chi connectivity index (χ2n) is 4.61. The van der Waals surface area contributed by atoms with Crippen molar-refractivity contribution in [3.8, 4) is 10.6 Å². The van der Waals surface area contributed by atoms with Crippen LogP contribution in [-0.4, -0.2) is 27.8 Å². The van der Waals surface area contributed by atoms with Gasteiger partial charge < -0.3 is 5.32 Å². The Balaban J connectivity index is 2.02. The zero-order chi connectivity index (χ0) is 13.0. The lowest BCUT2D eigenvalue weighted by atomic mass is 10.2. The van der Waals surface area contributed by atoms with Gasteiger partial charge in [-0.1, -0.05) is 25.2 Å². The van der Waals surface area contributed by atoms with Crippen molar-refractivity contribution in [2.75, 3.05) is 6.54 Å². The molecule has 0 bridgehead atoms. The maximum atomic E-state index is 4.23. The Morgan fingerprint density at radius 1 is 1.28 bits per heavy atom. The minimum absolute atomic E-state index is 0.512. The molecule has 0 saturated carbocycles. The zero-order valence-corrected chi connectivity index (χ0v) is 11.8. The Kier molecular flexibility index (Phi) is 4.38. The smallest absolute Gasteiger partial charge is 0.149 e. The Morgan fingerprint density at radius 3 is 2.83 bits per heavy atom. The van der Waals surface area contributed by atoms with Gasteiger partial charge in [0.25, 0.3) is 0 Å². The molecule has 0 aromatic carbocycles. The van der Waals surface area contributed by atoms with E-state index in [9.17, 15) is 0 Å². The van der Waals surface area contributed by atoms with Crippen LogP contribution in [0.5, 0.6) is 0 Å². The molecule has 96 valence electrons. The lowest BCUT2D eigenvalue weighted by Crippen LogP contribution is -2.24. The molecule has 0 aliphatic heterocycles. The van der Waals surface area contributed by atoms with Gasteiger partial charge in [-0.3, -0.25) is 4.98 Å². The quantitative estimate of drug-likeness (QED) is 0.899. The molecule has 18 heavy (non-hydrogen) atoms. The molecule has 2 heterocycles. The predicted molar refractivity (Wildman–Crippen MR) is 74.7 cm³/mol. The van der Waals surface area contributed by atoms with Crippen molar-refractivity contribution in [1.82, 2.24) is 20.5 Å². The first-order valence-corrected chi connectivity index (χ1v) is 6.94. The molecule has 5 heteroatoms. The van der Waals surface area contributed by atoms with Crippen molar-refractivity contribution in [2.45, 2.75) is 33.2 Å². The van der Waals surface area contributed by atoms with E-state index in [0.717, 1.165) is 34.1 Å². The van der Waals surface area contributed by atoms with Crippen molar-refractivity contribution in [3.63, 3.8) is 0 Å². The highest BCUT2D eigenvalue weighted by Crippen LogP contribution is 2.23. The fourth-order valence-electron chi connectivity index (χ4n) is 1.61. The van der Waals surface area contributed by atoms with Crippen molar-refractivity contribution < 1.29 is 0 Å². The van der Waals surface area contributed by atoms with Crippen LogP contribution >= 0.6 is 11.3 Å². The van der Waals surface area contributed by atoms with Gasteiger partial charge in [0.05, 0.1) is 0 Å². The van der Waals surface area contributed by atoms with Crippen molar-refractivity contribution >= 4 is 11.3 Å². The maximum Gasteiger partial charge on any atom is 0.149 e. The largest absolute Gasteiger partial charge is 0.314 e. The summed E-state index contributed by atoms with van der Waals surface area (Å²) in [6.07, 6.45) is 4.61. The molecule has 2 rings (SSSR count). The van der Waals surface area contributed by atoms with Gasteiger partial charge in [-0.15, -0.1) is 10.2 Å². The number of nitrogens with one attached hydrogen (secondary N) is 1. The standard InChI is InChI=1S/C13H18N4S/c1-9(2)15-5-4-12-16-17-13(18-12)11-6-10(3)7-14-8-11/h6-9,15H,4-5H2,1-3H3. The Morgan fingerprint density at radius 2 is 2.11 bits per heavy atom. The number of pyridine rings is 1. The van der Waals surface area contributed by atoms with Gasteiger partial charge in [-0.2, -0.15) is 0 Å². The van der Waals surface area contributed by atoms with Crippen LogP contribution in [0, 0.1) is 6.92 Å². The SMILES string of the molecule is Cc1cncc(-c2nnc(CCNC(C)C)s2)c1. The Labute approximate surface area is 111 Å². The molecule has 0 saturated heterocycles. The van der Waals surface area contributed by atoms with E-state index in [2.05, 4.69) is 40.4 Å². The van der Waals surface area contributed by atoms with Crippen LogP contribution in [0.15, 0.2) is 18.5 Å². The summed E-state index contributed by atoms with van der Waals surface area (Å²) in [6.45, 7) is 7.26. The van der Waals surface area contributed by atoms with Crippen LogP contribution in [0.4, 0.5) is 0 Å². The fourth-order valence-corrected chi connectivity index (χ4v) is 2.43. The van der Waals surface area contributed by atoms with E-state index in [0.29, 0.717) is 6.04 Å². The first-order chi connectivity index (χ1) is 8.65. The molecule has 0 spiro atoms. The van der Waals surface area contributed by atoms with Crippen LogP contribution in [0.3, 0.4) is 0 Å². The molecule has 0 aliphatic rings. The predicted octanol–water partition coefficient (Wildman–Crippen LogP) is 2.45. The molecular weight excluding hydrogens is 244 g/mol. The van der Waals surface area contributed by atoms with Crippen LogP contribution in [0.2, 0.25) is 0 Å². The van der Waals surface area contributed by atoms with Gasteiger partial charge in [-0.25, -0.2) is 0 Å². The van der Waals surface area contributed by atoms with Crippen LogP contribution in [0.1, 0.15) is 24.4 Å². The Hall–Kier alpha value is -1.33. The number of nitrogens with zero attached hydrogens (tertiary/aromatic N) is 3. The summed E-state index contributed by atoms with van der Waals surface area (Å²) in [6, 6.07) is 2.60. The maximum absolute atomic E-state index is 4.23. The highest BCUT2D eigenvalue weighted by Gasteiger charge is 2.07. The third kappa shape index (κ3) is 3.58. The molecule has 4 nitrogen and oxygen atoms in total. The monoisotopic (exact) mass is 262 g/mol. The van der Waals surface area contributed by atoms with Crippen LogP contribution in [0.25, 0.3) is 10.6 Å². The fraction of sp³-hybridized carbons (Fsp3) is 0.462. The zero-order valence-electron chi connectivity index (χ0n) is 11.0. The van der Waals surface area contributed by atoms with Gasteiger partial charge in [0.1, 0.15) is 10.0 Å². The lowest BCUT2D eigenvalue weighted by molar-refractivity contribution is 0.588. The highest BCUT2D eigenvalue weighted by molar-refractivity contribution is 7.14. The number of aromatic nitrogens is 3. The van der Waals surface area contributed by atoms with E-state index in [1.807, 2.05) is 19.3 Å². The summed E-state index contributed by atoms with van der Waals surface area (Å²) in [4.78, 5) is 4.18. The minimum Gasteiger partial charge on any atom is -0.314 e. The Bertz CT molecular complexity index is 507. The number of hydrogen-bond acceptors (Lipinski definition) is 5. The van der Waals surface area contributed by atoms with E-state index in [1.54, 1.807) is 11.3 Å². The van der Waals surface area contributed by atoms with E-state index in [4.69, 9.17) is 0 Å². The van der Waals surface area contributed by atoms with Crippen molar-refractivity contribution in [2.24, 2.45) is 0 Å². The van der Waals surface area contributed by atoms with Gasteiger partial charge >= 0.3 is 0 Å². The first-order valence-electron chi connectivity index (χ1n) is 6.13. The summed E-state index contributed by atoms with van der Waals surface area (Å²) in [5.74, 6) is 0. The molecule has 2 aromatic rings. The average Bonchev–Trinajstić information content (AvgIpc) is 2.77. The summed E-state index contributed by atoms with van der Waals surface area (Å²) >= 11 is 1.64. The minimum atomic E-state index is 0.512. The van der Waals surface area contributed by atoms with Gasteiger partial charge in [0.2, 0.25) is 0 Å². The van der Waals surface area contributed by atoms with E-state index in [1.165, 1.54) is 0 Å². The molecule has 0 fully saturated rings. The van der Waals surface area contributed by atoms with Crippen LogP contribution < -0.4 is 5.32 Å². The number of aryl methyl sites for hydroxylation is 1. The number of hydrogen-bond donors (Lipinski definition) is 1. The highest BCUT2D eigenvalue weighted by atomic mass is 32.1. The second kappa shape index (κ2) is 6.02. The molecular formula is C13H18N4S. The average molecular weight is 262 g/mol. The first kappa shape index (κ1) is 13.1. The van der Waals surface area contributed by atoms with Gasteiger partial charge in [0.15, 0.2) is 0 Å². The van der Waals surface area contributed by atoms with Gasteiger partial charge in [-0.05, 0) is 18.6 Å². The summed E-state index contributed by atoms with van der Waals surface area (Å²) < 4.78 is 0. The summed E-state index contributed by atoms with van der Waals surface area (Å²) in [7, 11) is 0. The lowest BCUT2D eigenvalue weighted by Gasteiger charge is -2.05. The summed E-state index contributed by atoms with van der Waals surface area (Å²) in [5, 5.41) is 13.8. The van der Waals surface area contributed by atoms with E-state index in [-0.39, 0.29) is 0 Å². The van der Waals surface area contributed by atoms with Crippen LogP contribution in [-0.2, 0) is 6.42 Å². The van der Waals surface area contributed by atoms with Gasteiger partial charge in [0, 0.05) is 37.0 Å². The molecule has 2 aromatic heterocycles. The number of rotatable bonds is 5. The second-order valence-corrected chi connectivity index (χ2v) is 5.67. The van der Waals surface area contributed by atoms with Crippen molar-refractivity contribution in [1.29, 1.82) is 0 Å². The molecule has 0 aliphatic carbocycles. The topological polar surface area (TPSA) is 50.7 Å². The molecule has 1 N–H and O–H groups in total.